The molecule has 2 aromatic rings. The van der Waals surface area contributed by atoms with Crippen LogP contribution < -0.4 is 0 Å². The van der Waals surface area contributed by atoms with Gasteiger partial charge in [-0.25, -0.2) is 26.0 Å². The molecule has 0 saturated carbocycles. The number of oxime groups is 1. The van der Waals surface area contributed by atoms with Crippen molar-refractivity contribution < 1.29 is 48.8 Å². The third-order valence-corrected chi connectivity index (χ3v) is 8.65. The summed E-state index contributed by atoms with van der Waals surface area (Å²) in [6, 6.07) is 5.59. The lowest BCUT2D eigenvalue weighted by Gasteiger charge is -2.46. The molecule has 0 radical (unpaired) electrons. The van der Waals surface area contributed by atoms with E-state index in [0.29, 0.717) is 0 Å². The molecule has 0 aromatic heterocycles. The summed E-state index contributed by atoms with van der Waals surface area (Å²) >= 11 is 0. The Morgan fingerprint density at radius 1 is 1.00 bits per heavy atom. The molecule has 0 N–H and O–H groups in total. The summed E-state index contributed by atoms with van der Waals surface area (Å²) in [5, 5.41) is 3.45. The molecular formula is C23H17F7N2O4S. The quantitative estimate of drug-likeness (QED) is 0.430. The Kier molecular flexibility index (Phi) is 5.63. The van der Waals surface area contributed by atoms with Crippen LogP contribution in [0.4, 0.5) is 30.7 Å². The minimum absolute atomic E-state index is 0.119. The van der Waals surface area contributed by atoms with Gasteiger partial charge in [0.2, 0.25) is 5.91 Å². The lowest BCUT2D eigenvalue weighted by Crippen LogP contribution is -2.62. The van der Waals surface area contributed by atoms with Crippen molar-refractivity contribution in [3.8, 4) is 0 Å². The molecule has 3 heterocycles. The average Bonchev–Trinajstić information content (AvgIpc) is 3.25. The number of amides is 1. The van der Waals surface area contributed by atoms with Crippen LogP contribution >= 0.6 is 0 Å². The fourth-order valence-electron chi connectivity index (χ4n) is 4.67. The monoisotopic (exact) mass is 550 g/mol. The summed E-state index contributed by atoms with van der Waals surface area (Å²) in [7, 11) is -3.22. The van der Waals surface area contributed by atoms with Crippen LogP contribution in [-0.2, 0) is 30.7 Å². The molecule has 2 saturated heterocycles. The number of rotatable bonds is 4. The van der Waals surface area contributed by atoms with Crippen molar-refractivity contribution in [2.45, 2.75) is 23.9 Å². The molecule has 2 aromatic carbocycles. The van der Waals surface area contributed by atoms with Crippen molar-refractivity contribution in [1.29, 1.82) is 0 Å². The Morgan fingerprint density at radius 2 is 1.57 bits per heavy atom. The topological polar surface area (TPSA) is 76.0 Å². The first-order chi connectivity index (χ1) is 17.1. The minimum Gasteiger partial charge on any atom is -0.374 e. The molecule has 1 amide bonds. The number of nitrogens with zero attached hydrogens (tertiary/aromatic N) is 2. The van der Waals surface area contributed by atoms with E-state index < -0.39 is 68.5 Å². The van der Waals surface area contributed by atoms with E-state index in [0.717, 1.165) is 0 Å². The van der Waals surface area contributed by atoms with Gasteiger partial charge in [-0.15, -0.1) is 0 Å². The number of halogens is 7. The highest BCUT2D eigenvalue weighted by Gasteiger charge is 2.62. The lowest BCUT2D eigenvalue weighted by molar-refractivity contribution is -0.276. The van der Waals surface area contributed by atoms with Crippen LogP contribution in [0.3, 0.4) is 0 Å². The third kappa shape index (κ3) is 4.14. The van der Waals surface area contributed by atoms with Crippen LogP contribution in [0.5, 0.6) is 0 Å². The molecule has 0 bridgehead atoms. The number of carbonyl (C=O) groups is 1. The molecule has 14 heteroatoms. The van der Waals surface area contributed by atoms with Gasteiger partial charge in [-0.2, -0.15) is 13.2 Å². The van der Waals surface area contributed by atoms with Crippen molar-refractivity contribution in [3.63, 3.8) is 0 Å². The second-order valence-corrected chi connectivity index (χ2v) is 11.5. The van der Waals surface area contributed by atoms with Crippen molar-refractivity contribution in [2.75, 3.05) is 24.6 Å². The lowest BCUT2D eigenvalue weighted by atomic mass is 9.84. The van der Waals surface area contributed by atoms with Crippen LogP contribution in [0, 0.1) is 23.4 Å². The number of sulfone groups is 1. The number of alkyl halides is 4. The Labute approximate surface area is 205 Å². The highest BCUT2D eigenvalue weighted by Crippen LogP contribution is 2.49. The molecule has 5 rings (SSSR count). The highest BCUT2D eigenvalue weighted by molar-refractivity contribution is 7.92. The standard InChI is InChI=1S/C23H17F7N2O4S/c24-16-5-15(6-17(25)19(16)26)22(23(28,29)30)7-18(31-36-22)12-1-3-14(4-2-12)21(27)10-32(11-21)20(33)13-8-37(34,35)9-13/h1-6,13H,7-11H2. The molecule has 2 fully saturated rings. The molecule has 198 valence electrons. The molecule has 0 spiro atoms. The summed E-state index contributed by atoms with van der Waals surface area (Å²) < 4.78 is 121. The Morgan fingerprint density at radius 3 is 2.08 bits per heavy atom. The molecule has 6 nitrogen and oxygen atoms in total. The van der Waals surface area contributed by atoms with E-state index in [4.69, 9.17) is 0 Å². The molecular weight excluding hydrogens is 533 g/mol. The zero-order valence-corrected chi connectivity index (χ0v) is 19.5. The maximum Gasteiger partial charge on any atom is 0.435 e. The van der Waals surface area contributed by atoms with E-state index in [-0.39, 0.29) is 53.6 Å². The number of benzene rings is 2. The van der Waals surface area contributed by atoms with E-state index in [2.05, 4.69) is 9.99 Å². The zero-order valence-electron chi connectivity index (χ0n) is 18.7. The molecule has 0 aliphatic carbocycles. The van der Waals surface area contributed by atoms with E-state index in [1.165, 1.54) is 29.2 Å². The third-order valence-electron chi connectivity index (χ3n) is 6.83. The van der Waals surface area contributed by atoms with Gasteiger partial charge in [-0.1, -0.05) is 29.4 Å². The van der Waals surface area contributed by atoms with Gasteiger partial charge in [-0.05, 0) is 23.3 Å². The summed E-state index contributed by atoms with van der Waals surface area (Å²) in [4.78, 5) is 18.2. The predicted molar refractivity (Wildman–Crippen MR) is 114 cm³/mol. The summed E-state index contributed by atoms with van der Waals surface area (Å²) in [6.45, 7) is -0.602. The first-order valence-corrected chi connectivity index (χ1v) is 12.7. The summed E-state index contributed by atoms with van der Waals surface area (Å²) in [5.74, 6) is -7.23. The van der Waals surface area contributed by atoms with Crippen molar-refractivity contribution in [3.05, 3.63) is 70.5 Å². The van der Waals surface area contributed by atoms with Gasteiger partial charge >= 0.3 is 6.18 Å². The van der Waals surface area contributed by atoms with E-state index in [1.807, 2.05) is 0 Å². The zero-order chi connectivity index (χ0) is 27.0. The van der Waals surface area contributed by atoms with Crippen LogP contribution in [0.1, 0.15) is 23.1 Å². The van der Waals surface area contributed by atoms with Crippen molar-refractivity contribution in [2.24, 2.45) is 11.1 Å². The Balaban J connectivity index is 1.31. The smallest absolute Gasteiger partial charge is 0.374 e. The Hall–Kier alpha value is -3.16. The van der Waals surface area contributed by atoms with Crippen LogP contribution in [-0.4, -0.2) is 55.7 Å². The van der Waals surface area contributed by atoms with Gasteiger partial charge in [0.15, 0.2) is 33.0 Å². The van der Waals surface area contributed by atoms with Gasteiger partial charge in [0.25, 0.3) is 5.60 Å². The average molecular weight is 550 g/mol. The fourth-order valence-corrected chi connectivity index (χ4v) is 6.08. The summed E-state index contributed by atoms with van der Waals surface area (Å²) in [5.41, 5.74) is -6.17. The van der Waals surface area contributed by atoms with Crippen LogP contribution in [0.25, 0.3) is 0 Å². The molecule has 1 unspecified atom stereocenters. The number of hydrogen-bond acceptors (Lipinski definition) is 5. The Bertz CT molecular complexity index is 1380. The van der Waals surface area contributed by atoms with E-state index >= 15 is 4.39 Å². The van der Waals surface area contributed by atoms with Gasteiger partial charge in [0.1, 0.15) is 0 Å². The first kappa shape index (κ1) is 25.5. The molecule has 3 aliphatic rings. The van der Waals surface area contributed by atoms with Gasteiger partial charge < -0.3 is 9.74 Å². The van der Waals surface area contributed by atoms with E-state index in [9.17, 15) is 39.6 Å². The van der Waals surface area contributed by atoms with Crippen LogP contribution in [0.2, 0.25) is 0 Å². The molecule has 37 heavy (non-hydrogen) atoms. The second-order valence-electron chi connectivity index (χ2n) is 9.40. The summed E-state index contributed by atoms with van der Waals surface area (Å²) in [6.07, 6.45) is -6.16. The fraction of sp³-hybridized carbons (Fsp3) is 0.391. The number of carbonyl (C=O) groups excluding carboxylic acids is 1. The normalized spacial score (nSPS) is 24.6. The van der Waals surface area contributed by atoms with Crippen molar-refractivity contribution in [1.82, 2.24) is 4.90 Å². The van der Waals surface area contributed by atoms with Crippen molar-refractivity contribution >= 4 is 21.5 Å². The largest absolute Gasteiger partial charge is 0.435 e. The number of hydrogen-bond donors (Lipinski definition) is 0. The maximum absolute atomic E-state index is 15.3. The number of likely N-dealkylation sites (tertiary alicyclic amines) is 1. The van der Waals surface area contributed by atoms with Crippen LogP contribution in [0.15, 0.2) is 41.6 Å². The minimum atomic E-state index is -5.18. The molecule has 3 aliphatic heterocycles. The van der Waals surface area contributed by atoms with E-state index in [1.54, 1.807) is 0 Å². The maximum atomic E-state index is 15.3. The van der Waals surface area contributed by atoms with Gasteiger partial charge in [0, 0.05) is 12.0 Å². The predicted octanol–water partition coefficient (Wildman–Crippen LogP) is 3.74. The highest BCUT2D eigenvalue weighted by atomic mass is 32.2. The second kappa shape index (κ2) is 8.17. The van der Waals surface area contributed by atoms with Gasteiger partial charge in [0.05, 0.1) is 36.2 Å². The van der Waals surface area contributed by atoms with Gasteiger partial charge in [-0.3, -0.25) is 4.79 Å². The SMILES string of the molecule is O=C(C1CS(=O)(=O)C1)N1CC(F)(c2ccc(C3=NOC(c4cc(F)c(F)c(F)c4)(C(F)(F)F)C3)cc2)C1. The molecule has 1 atom stereocenters. The first-order valence-electron chi connectivity index (χ1n) is 10.9.